The van der Waals surface area contributed by atoms with Crippen molar-refractivity contribution in [1.29, 1.82) is 0 Å². The van der Waals surface area contributed by atoms with Crippen molar-refractivity contribution in [2.24, 2.45) is 5.41 Å². The topological polar surface area (TPSA) is 118 Å². The molecule has 206 valence electrons. The van der Waals surface area contributed by atoms with Crippen LogP contribution >= 0.6 is 0 Å². The Morgan fingerprint density at radius 1 is 0.641 bits per heavy atom. The van der Waals surface area contributed by atoms with E-state index >= 15 is 0 Å². The van der Waals surface area contributed by atoms with Gasteiger partial charge in [0.1, 0.15) is 42.4 Å². The van der Waals surface area contributed by atoms with E-state index in [9.17, 15) is 19.5 Å². The maximum Gasteiger partial charge on any atom is 0.341 e. The van der Waals surface area contributed by atoms with Crippen LogP contribution in [0.4, 0.5) is 0 Å². The van der Waals surface area contributed by atoms with Gasteiger partial charge in [-0.2, -0.15) is 0 Å². The van der Waals surface area contributed by atoms with Gasteiger partial charge in [-0.15, -0.1) is 0 Å². The Kier molecular flexibility index (Phi) is 10.5. The fourth-order valence-corrected chi connectivity index (χ4v) is 3.80. The number of hydrogen-bond acceptors (Lipinski definition) is 9. The van der Waals surface area contributed by atoms with Crippen molar-refractivity contribution in [3.63, 3.8) is 0 Å². The first kappa shape index (κ1) is 29.2. The molecule has 0 atom stereocenters. The number of rotatable bonds is 13. The fraction of sp³-hybridized carbons (Fsp3) is 0.300. The summed E-state index contributed by atoms with van der Waals surface area (Å²) in [5.74, 6) is -1.25. The molecule has 9 nitrogen and oxygen atoms in total. The number of methoxy groups -OCH3 is 2. The van der Waals surface area contributed by atoms with Gasteiger partial charge < -0.3 is 28.8 Å². The lowest BCUT2D eigenvalue weighted by Gasteiger charge is -2.31. The Morgan fingerprint density at radius 2 is 1.03 bits per heavy atom. The Bertz CT molecular complexity index is 1130. The van der Waals surface area contributed by atoms with E-state index in [1.807, 2.05) is 6.92 Å². The summed E-state index contributed by atoms with van der Waals surface area (Å²) in [6.45, 7) is 0.824. The Hall–Kier alpha value is -4.37. The zero-order valence-electron chi connectivity index (χ0n) is 22.2. The predicted octanol–water partition coefficient (Wildman–Crippen LogP) is 4.46. The van der Waals surface area contributed by atoms with Gasteiger partial charge in [-0.05, 0) is 42.3 Å². The van der Waals surface area contributed by atoms with Crippen LogP contribution in [0.2, 0.25) is 0 Å². The second-order valence-electron chi connectivity index (χ2n) is 8.80. The molecule has 9 heteroatoms. The number of carbonyl (C=O) groups excluding carboxylic acids is 3. The van der Waals surface area contributed by atoms with Gasteiger partial charge in [0.25, 0.3) is 0 Å². The summed E-state index contributed by atoms with van der Waals surface area (Å²) >= 11 is 0. The maximum atomic E-state index is 12.9. The van der Waals surface area contributed by atoms with Crippen molar-refractivity contribution >= 4 is 17.9 Å². The molecule has 3 aromatic rings. The van der Waals surface area contributed by atoms with Crippen LogP contribution in [-0.4, -0.2) is 57.1 Å². The van der Waals surface area contributed by atoms with Crippen molar-refractivity contribution in [1.82, 2.24) is 0 Å². The highest BCUT2D eigenvalue weighted by Crippen LogP contribution is 2.28. The van der Waals surface area contributed by atoms with E-state index in [1.165, 1.54) is 14.2 Å². The lowest BCUT2D eigenvalue weighted by molar-refractivity contribution is -0.0383. The van der Waals surface area contributed by atoms with Crippen molar-refractivity contribution in [2.45, 2.75) is 20.0 Å². The number of esters is 3. The maximum absolute atomic E-state index is 12.9. The average molecular weight is 537 g/mol. The molecule has 0 aliphatic carbocycles. The highest BCUT2D eigenvalue weighted by molar-refractivity contribution is 5.93. The molecule has 0 aliphatic heterocycles. The molecule has 0 radical (unpaired) electrons. The Morgan fingerprint density at radius 3 is 1.44 bits per heavy atom. The smallest absolute Gasteiger partial charge is 0.341 e. The van der Waals surface area contributed by atoms with Crippen LogP contribution in [0.25, 0.3) is 0 Å². The number of para-hydroxylation sites is 2. The third kappa shape index (κ3) is 7.36. The van der Waals surface area contributed by atoms with E-state index in [4.69, 9.17) is 23.7 Å². The number of ether oxygens (including phenoxy) is 5. The molecular formula is C30H32O9. The second-order valence-corrected chi connectivity index (χ2v) is 8.80. The molecule has 0 fully saturated rings. The first-order valence-corrected chi connectivity index (χ1v) is 12.3. The summed E-state index contributed by atoms with van der Waals surface area (Å²) in [7, 11) is 2.90. The van der Waals surface area contributed by atoms with Gasteiger partial charge in [-0.3, -0.25) is 0 Å². The van der Waals surface area contributed by atoms with E-state index < -0.39 is 23.3 Å². The minimum atomic E-state index is -1.07. The van der Waals surface area contributed by atoms with Gasteiger partial charge in [-0.1, -0.05) is 49.4 Å². The van der Waals surface area contributed by atoms with E-state index in [2.05, 4.69) is 0 Å². The molecule has 0 aliphatic rings. The molecule has 39 heavy (non-hydrogen) atoms. The number of aliphatic hydroxyl groups excluding tert-OH is 1. The second kappa shape index (κ2) is 14.0. The molecule has 0 unspecified atom stereocenters. The van der Waals surface area contributed by atoms with Gasteiger partial charge >= 0.3 is 17.9 Å². The number of hydrogen-bond donors (Lipinski definition) is 1. The monoisotopic (exact) mass is 536 g/mol. The number of benzene rings is 3. The quantitative estimate of drug-likeness (QED) is 0.249. The third-order valence-corrected chi connectivity index (χ3v) is 6.34. The summed E-state index contributed by atoms with van der Waals surface area (Å²) in [5, 5.41) is 9.59. The molecule has 0 heterocycles. The molecule has 0 saturated heterocycles. The van der Waals surface area contributed by atoms with Crippen LogP contribution in [-0.2, 0) is 20.8 Å². The summed E-state index contributed by atoms with van der Waals surface area (Å²) in [6, 6.07) is 19.8. The van der Waals surface area contributed by atoms with Crippen LogP contribution < -0.4 is 9.47 Å². The minimum Gasteiger partial charge on any atom is -0.496 e. The summed E-state index contributed by atoms with van der Waals surface area (Å²) in [5.41, 5.74) is 0.00530. The zero-order chi connectivity index (χ0) is 28.3. The van der Waals surface area contributed by atoms with Crippen LogP contribution in [0, 0.1) is 5.41 Å². The third-order valence-electron chi connectivity index (χ3n) is 6.34. The fourth-order valence-electron chi connectivity index (χ4n) is 3.80. The zero-order valence-corrected chi connectivity index (χ0v) is 22.2. The number of carbonyl (C=O) groups is 3. The predicted molar refractivity (Wildman–Crippen MR) is 142 cm³/mol. The van der Waals surface area contributed by atoms with Crippen LogP contribution in [0.1, 0.15) is 50.0 Å². The van der Waals surface area contributed by atoms with Gasteiger partial charge in [-0.25, -0.2) is 14.4 Å². The lowest BCUT2D eigenvalue weighted by atomic mass is 9.87. The van der Waals surface area contributed by atoms with Gasteiger partial charge in [0, 0.05) is 0 Å². The van der Waals surface area contributed by atoms with E-state index in [-0.39, 0.29) is 43.1 Å². The SMILES string of the molecule is CCC(COC(=O)c1ccccc1CO)(COC(=O)c1ccccc1OC)COC(=O)c1ccccc1OC. The molecule has 0 aromatic heterocycles. The minimum absolute atomic E-state index is 0.210. The number of aliphatic hydroxyl groups is 1. The summed E-state index contributed by atoms with van der Waals surface area (Å²) < 4.78 is 27.4. The molecule has 3 aromatic carbocycles. The van der Waals surface area contributed by atoms with Crippen LogP contribution in [0.15, 0.2) is 72.8 Å². The van der Waals surface area contributed by atoms with E-state index in [0.29, 0.717) is 23.5 Å². The van der Waals surface area contributed by atoms with Gasteiger partial charge in [0.2, 0.25) is 0 Å². The van der Waals surface area contributed by atoms with Crippen molar-refractivity contribution < 1.29 is 43.2 Å². The molecule has 0 saturated carbocycles. The molecule has 0 amide bonds. The van der Waals surface area contributed by atoms with E-state index in [0.717, 1.165) is 0 Å². The highest BCUT2D eigenvalue weighted by atomic mass is 16.6. The van der Waals surface area contributed by atoms with Crippen LogP contribution in [0.3, 0.4) is 0 Å². The van der Waals surface area contributed by atoms with Gasteiger partial charge in [0.05, 0.1) is 31.8 Å². The van der Waals surface area contributed by atoms with Crippen LogP contribution in [0.5, 0.6) is 11.5 Å². The molecule has 0 bridgehead atoms. The summed E-state index contributed by atoms with van der Waals surface area (Å²) in [6.07, 6.45) is 0.334. The molecular weight excluding hydrogens is 504 g/mol. The first-order chi connectivity index (χ1) is 18.9. The van der Waals surface area contributed by atoms with Crippen molar-refractivity contribution in [3.8, 4) is 11.5 Å². The average Bonchev–Trinajstić information content (AvgIpc) is 3.00. The Labute approximate surface area is 227 Å². The molecule has 1 N–H and O–H groups in total. The summed E-state index contributed by atoms with van der Waals surface area (Å²) in [4.78, 5) is 38.7. The molecule has 3 rings (SSSR count). The largest absolute Gasteiger partial charge is 0.496 e. The van der Waals surface area contributed by atoms with Crippen molar-refractivity contribution in [3.05, 3.63) is 95.1 Å². The highest BCUT2D eigenvalue weighted by Gasteiger charge is 2.35. The normalized spacial score (nSPS) is 10.9. The van der Waals surface area contributed by atoms with Gasteiger partial charge in [0.15, 0.2) is 0 Å². The van der Waals surface area contributed by atoms with Crippen molar-refractivity contribution in [2.75, 3.05) is 34.0 Å². The standard InChI is InChI=1S/C30H32O9/c1-4-30(18-37-27(32)22-12-6-5-11-21(22)17-31,19-38-28(33)23-13-7-9-15-25(23)35-2)20-39-29(34)24-14-8-10-16-26(24)36-3/h5-16,31H,4,17-20H2,1-3H3. The Balaban J connectivity index is 1.81. The lowest BCUT2D eigenvalue weighted by Crippen LogP contribution is -2.39. The first-order valence-electron chi connectivity index (χ1n) is 12.3. The molecule has 0 spiro atoms. The van der Waals surface area contributed by atoms with E-state index in [1.54, 1.807) is 72.8 Å².